The summed E-state index contributed by atoms with van der Waals surface area (Å²) in [4.78, 5) is 15.5. The van der Waals surface area contributed by atoms with E-state index in [1.54, 1.807) is 31.4 Å². The minimum atomic E-state index is -0.407. The Labute approximate surface area is 214 Å². The monoisotopic (exact) mass is 503 g/mol. The van der Waals surface area contributed by atoms with Gasteiger partial charge in [-0.1, -0.05) is 41.9 Å². The molecule has 1 aliphatic heterocycles. The molecule has 0 aliphatic carbocycles. The predicted octanol–water partition coefficient (Wildman–Crippen LogP) is 5.63. The predicted molar refractivity (Wildman–Crippen MR) is 138 cm³/mol. The number of hydrogen-bond acceptors (Lipinski definition) is 5. The minimum Gasteiger partial charge on any atom is -0.504 e. The molecule has 0 saturated carbocycles. The van der Waals surface area contributed by atoms with E-state index in [0.717, 1.165) is 28.0 Å². The van der Waals surface area contributed by atoms with Crippen molar-refractivity contribution in [3.05, 3.63) is 94.1 Å². The number of benzene rings is 3. The number of H-pyrrole nitrogens is 1. The van der Waals surface area contributed by atoms with Crippen molar-refractivity contribution >= 4 is 17.5 Å². The summed E-state index contributed by atoms with van der Waals surface area (Å²) < 4.78 is 10.9. The third kappa shape index (κ3) is 4.38. The van der Waals surface area contributed by atoms with E-state index in [9.17, 15) is 9.90 Å². The van der Waals surface area contributed by atoms with E-state index in [0.29, 0.717) is 41.7 Å². The minimum absolute atomic E-state index is 0.0556. The van der Waals surface area contributed by atoms with Crippen LogP contribution in [0.4, 0.5) is 0 Å². The van der Waals surface area contributed by atoms with Gasteiger partial charge in [-0.15, -0.1) is 0 Å². The number of hydrogen-bond donors (Lipinski definition) is 2. The van der Waals surface area contributed by atoms with Gasteiger partial charge in [0.05, 0.1) is 25.5 Å². The second-order valence-electron chi connectivity index (χ2n) is 8.53. The molecule has 8 heteroatoms. The summed E-state index contributed by atoms with van der Waals surface area (Å²) in [5.41, 5.74) is 4.73. The Morgan fingerprint density at radius 3 is 2.53 bits per heavy atom. The van der Waals surface area contributed by atoms with Crippen LogP contribution in [0.1, 0.15) is 40.1 Å². The average molecular weight is 504 g/mol. The molecule has 1 unspecified atom stereocenters. The molecule has 2 heterocycles. The van der Waals surface area contributed by atoms with Crippen molar-refractivity contribution < 1.29 is 19.4 Å². The van der Waals surface area contributed by atoms with Crippen molar-refractivity contribution in [1.82, 2.24) is 15.1 Å². The van der Waals surface area contributed by atoms with Crippen LogP contribution in [-0.2, 0) is 6.42 Å². The van der Waals surface area contributed by atoms with E-state index in [1.165, 1.54) is 0 Å². The molecule has 184 valence electrons. The number of fused-ring (bicyclic) bond motifs is 1. The SMILES string of the molecule is CCOc1cc(C2c3c(-c4ccc(Cl)cc4)n[nH]c3C(=O)N2CCc2ccc(OC)cc2)ccc1O. The molecule has 1 amide bonds. The number of carbonyl (C=O) groups is 1. The first-order valence-electron chi connectivity index (χ1n) is 11.7. The smallest absolute Gasteiger partial charge is 0.273 e. The molecule has 0 spiro atoms. The van der Waals surface area contributed by atoms with Crippen LogP contribution in [0, 0.1) is 0 Å². The maximum atomic E-state index is 13.6. The van der Waals surface area contributed by atoms with E-state index in [4.69, 9.17) is 21.1 Å². The summed E-state index contributed by atoms with van der Waals surface area (Å²) in [6, 6.07) is 20.0. The first-order chi connectivity index (χ1) is 17.5. The van der Waals surface area contributed by atoms with Gasteiger partial charge in [0.2, 0.25) is 0 Å². The maximum absolute atomic E-state index is 13.6. The standard InChI is InChI=1S/C28H26ClN3O4/c1-3-36-23-16-19(8-13-22(23)33)27-24-25(18-6-9-20(29)10-7-18)30-31-26(24)28(34)32(27)15-14-17-4-11-21(35-2)12-5-17/h4-13,16,27,33H,3,14-15H2,1-2H3,(H,30,31). The fourth-order valence-corrected chi connectivity index (χ4v) is 4.74. The van der Waals surface area contributed by atoms with E-state index >= 15 is 0 Å². The molecule has 5 rings (SSSR count). The molecule has 2 N–H and O–H groups in total. The Hall–Kier alpha value is -3.97. The number of aromatic hydroxyl groups is 1. The fourth-order valence-electron chi connectivity index (χ4n) is 4.62. The van der Waals surface area contributed by atoms with E-state index in [-0.39, 0.29) is 11.7 Å². The Morgan fingerprint density at radius 2 is 1.83 bits per heavy atom. The number of aromatic nitrogens is 2. The highest BCUT2D eigenvalue weighted by molar-refractivity contribution is 6.30. The van der Waals surface area contributed by atoms with Crippen LogP contribution in [0.25, 0.3) is 11.3 Å². The topological polar surface area (TPSA) is 87.7 Å². The number of nitrogens with one attached hydrogen (secondary N) is 1. The Balaban J connectivity index is 1.56. The molecular formula is C28H26ClN3O4. The highest BCUT2D eigenvalue weighted by Crippen LogP contribution is 2.44. The van der Waals surface area contributed by atoms with E-state index < -0.39 is 6.04 Å². The summed E-state index contributed by atoms with van der Waals surface area (Å²) >= 11 is 6.11. The van der Waals surface area contributed by atoms with Gasteiger partial charge in [0.25, 0.3) is 5.91 Å². The third-order valence-corrected chi connectivity index (χ3v) is 6.63. The van der Waals surface area contributed by atoms with Crippen molar-refractivity contribution in [2.45, 2.75) is 19.4 Å². The number of halogens is 1. The maximum Gasteiger partial charge on any atom is 0.273 e. The van der Waals surface area contributed by atoms with Crippen LogP contribution in [0.2, 0.25) is 5.02 Å². The molecule has 0 fully saturated rings. The number of aromatic amines is 1. The van der Waals surface area contributed by atoms with Gasteiger partial charge in [-0.2, -0.15) is 5.10 Å². The summed E-state index contributed by atoms with van der Waals surface area (Å²) in [6.45, 7) is 2.76. The zero-order valence-electron chi connectivity index (χ0n) is 20.0. The number of carbonyl (C=O) groups excluding carboxylic acids is 1. The van der Waals surface area contributed by atoms with Gasteiger partial charge < -0.3 is 19.5 Å². The van der Waals surface area contributed by atoms with Gasteiger partial charge in [0, 0.05) is 22.7 Å². The van der Waals surface area contributed by atoms with Crippen LogP contribution in [-0.4, -0.2) is 46.4 Å². The van der Waals surface area contributed by atoms with Gasteiger partial charge in [-0.3, -0.25) is 9.89 Å². The van der Waals surface area contributed by atoms with Crippen molar-refractivity contribution in [3.8, 4) is 28.5 Å². The first kappa shape index (κ1) is 23.8. The van der Waals surface area contributed by atoms with E-state index in [2.05, 4.69) is 10.2 Å². The van der Waals surface area contributed by atoms with Crippen molar-refractivity contribution in [1.29, 1.82) is 0 Å². The lowest BCUT2D eigenvalue weighted by molar-refractivity contribution is 0.0745. The van der Waals surface area contributed by atoms with Gasteiger partial charge in [-0.05, 0) is 60.9 Å². The van der Waals surface area contributed by atoms with Crippen molar-refractivity contribution in [3.63, 3.8) is 0 Å². The number of phenols is 1. The van der Waals surface area contributed by atoms with Gasteiger partial charge in [0.15, 0.2) is 11.5 Å². The van der Waals surface area contributed by atoms with Crippen LogP contribution in [0.5, 0.6) is 17.2 Å². The van der Waals surface area contributed by atoms with Crippen LogP contribution in [0.3, 0.4) is 0 Å². The van der Waals surface area contributed by atoms with Gasteiger partial charge in [0.1, 0.15) is 11.4 Å². The second-order valence-corrected chi connectivity index (χ2v) is 8.96. The molecule has 1 atom stereocenters. The highest BCUT2D eigenvalue weighted by atomic mass is 35.5. The largest absolute Gasteiger partial charge is 0.504 e. The van der Waals surface area contributed by atoms with Crippen LogP contribution in [0.15, 0.2) is 66.7 Å². The van der Waals surface area contributed by atoms with Crippen LogP contribution >= 0.6 is 11.6 Å². The zero-order chi connectivity index (χ0) is 25.2. The summed E-state index contributed by atoms with van der Waals surface area (Å²) in [5, 5.41) is 18.4. The molecule has 7 nitrogen and oxygen atoms in total. The highest BCUT2D eigenvalue weighted by Gasteiger charge is 2.42. The van der Waals surface area contributed by atoms with Gasteiger partial charge in [-0.25, -0.2) is 0 Å². The molecule has 0 bridgehead atoms. The molecule has 0 radical (unpaired) electrons. The summed E-state index contributed by atoms with van der Waals surface area (Å²) in [6.07, 6.45) is 0.663. The van der Waals surface area contributed by atoms with E-state index in [1.807, 2.05) is 54.3 Å². The summed E-state index contributed by atoms with van der Waals surface area (Å²) in [7, 11) is 1.64. The molecule has 4 aromatic rings. The number of ether oxygens (including phenoxy) is 2. The Morgan fingerprint density at radius 1 is 1.08 bits per heavy atom. The summed E-state index contributed by atoms with van der Waals surface area (Å²) in [5.74, 6) is 1.10. The number of nitrogens with zero attached hydrogens (tertiary/aromatic N) is 2. The first-order valence-corrected chi connectivity index (χ1v) is 12.1. The van der Waals surface area contributed by atoms with Crippen molar-refractivity contribution in [2.24, 2.45) is 0 Å². The molecule has 1 aromatic heterocycles. The lowest BCUT2D eigenvalue weighted by Crippen LogP contribution is -2.31. The quantitative estimate of drug-likeness (QED) is 0.325. The number of methoxy groups -OCH3 is 1. The zero-order valence-corrected chi connectivity index (χ0v) is 20.7. The molecule has 0 saturated heterocycles. The average Bonchev–Trinajstić information content (AvgIpc) is 3.44. The molecule has 1 aliphatic rings. The Bertz CT molecular complexity index is 1380. The fraction of sp³-hybridized carbons (Fsp3) is 0.214. The normalized spacial score (nSPS) is 14.7. The number of phenolic OH excluding ortho intramolecular Hbond substituents is 1. The molecular weight excluding hydrogens is 478 g/mol. The number of amides is 1. The second kappa shape index (κ2) is 9.95. The Kier molecular flexibility index (Phi) is 6.57. The molecule has 36 heavy (non-hydrogen) atoms. The third-order valence-electron chi connectivity index (χ3n) is 6.38. The number of rotatable bonds is 8. The lowest BCUT2D eigenvalue weighted by atomic mass is 9.95. The lowest BCUT2D eigenvalue weighted by Gasteiger charge is -2.27. The van der Waals surface area contributed by atoms with Gasteiger partial charge >= 0.3 is 0 Å². The molecule has 3 aromatic carbocycles. The van der Waals surface area contributed by atoms with Crippen molar-refractivity contribution in [2.75, 3.05) is 20.3 Å². The van der Waals surface area contributed by atoms with Crippen LogP contribution < -0.4 is 9.47 Å².